The highest BCUT2D eigenvalue weighted by molar-refractivity contribution is 6.07. The van der Waals surface area contributed by atoms with Gasteiger partial charge in [-0.15, -0.1) is 0 Å². The number of hydrogen-bond acceptors (Lipinski definition) is 3. The minimum atomic E-state index is -0.627. The third-order valence-electron chi connectivity index (χ3n) is 6.55. The summed E-state index contributed by atoms with van der Waals surface area (Å²) in [5.41, 5.74) is 3.11. The van der Waals surface area contributed by atoms with Crippen molar-refractivity contribution in [2.75, 3.05) is 4.90 Å². The largest absolute Gasteiger partial charge is 0.300 e. The number of rotatable bonds is 11. The summed E-state index contributed by atoms with van der Waals surface area (Å²) in [5.74, 6) is 0.549. The first-order valence-corrected chi connectivity index (χ1v) is 12.1. The zero-order valence-corrected chi connectivity index (χ0v) is 20.0. The quantitative estimate of drug-likeness (QED) is 0.464. The van der Waals surface area contributed by atoms with Crippen molar-refractivity contribution in [3.63, 3.8) is 0 Å². The van der Waals surface area contributed by atoms with E-state index in [4.69, 9.17) is 0 Å². The molecule has 3 amide bonds. The highest BCUT2D eigenvalue weighted by Gasteiger charge is 2.35. The third-order valence-corrected chi connectivity index (χ3v) is 6.55. The van der Waals surface area contributed by atoms with Crippen LogP contribution in [0.4, 0.5) is 5.69 Å². The average molecular weight is 429 g/mol. The summed E-state index contributed by atoms with van der Waals surface area (Å²) < 4.78 is 0. The Morgan fingerprint density at radius 2 is 1.87 bits per heavy atom. The third kappa shape index (κ3) is 6.65. The van der Waals surface area contributed by atoms with Gasteiger partial charge < -0.3 is 0 Å². The van der Waals surface area contributed by atoms with Gasteiger partial charge in [-0.05, 0) is 61.6 Å². The Morgan fingerprint density at radius 3 is 2.45 bits per heavy atom. The number of nitrogens with zero attached hydrogens (tertiary/aromatic N) is 1. The first-order chi connectivity index (χ1) is 14.8. The summed E-state index contributed by atoms with van der Waals surface area (Å²) in [5, 5.41) is 2.40. The van der Waals surface area contributed by atoms with Gasteiger partial charge in [0.15, 0.2) is 0 Å². The Hall–Kier alpha value is -2.17. The Balaban J connectivity index is 2.33. The Kier molecular flexibility index (Phi) is 9.73. The SMILES string of the molecule is CCCC(=O)N(c1ccc(C(CCC)CCC(C)CC)cc1C)C1CCC(=O)NC1=O. The molecule has 5 nitrogen and oxygen atoms in total. The first kappa shape index (κ1) is 25.1. The molecule has 1 saturated heterocycles. The molecule has 1 aromatic carbocycles. The standard InChI is InChI=1S/C26H40N2O3/c1-6-9-20(12-11-18(4)8-3)21-13-14-22(19(5)17-21)28(25(30)10-7-2)23-15-16-24(29)27-26(23)31/h13-14,17-18,20,23H,6-12,15-16H2,1-5H3,(H,27,29,31). The average Bonchev–Trinajstić information content (AvgIpc) is 2.73. The fourth-order valence-corrected chi connectivity index (χ4v) is 4.46. The highest BCUT2D eigenvalue weighted by Crippen LogP contribution is 2.33. The van der Waals surface area contributed by atoms with Gasteiger partial charge in [-0.25, -0.2) is 0 Å². The maximum absolute atomic E-state index is 13.0. The number of benzene rings is 1. The maximum atomic E-state index is 13.0. The van der Waals surface area contributed by atoms with E-state index in [9.17, 15) is 14.4 Å². The van der Waals surface area contributed by atoms with Gasteiger partial charge in [0, 0.05) is 18.5 Å². The molecule has 5 heteroatoms. The molecule has 0 aromatic heterocycles. The van der Waals surface area contributed by atoms with Crippen molar-refractivity contribution in [1.82, 2.24) is 5.32 Å². The predicted octanol–water partition coefficient (Wildman–Crippen LogP) is 5.64. The molecular formula is C26H40N2O3. The van der Waals surface area contributed by atoms with Crippen LogP contribution in [0.2, 0.25) is 0 Å². The number of nitrogens with one attached hydrogen (secondary N) is 1. The van der Waals surface area contributed by atoms with Gasteiger partial charge in [0.2, 0.25) is 17.7 Å². The molecule has 1 aromatic rings. The summed E-state index contributed by atoms with van der Waals surface area (Å²) in [6, 6.07) is 5.72. The number of imide groups is 1. The van der Waals surface area contributed by atoms with Crippen molar-refractivity contribution in [3.8, 4) is 0 Å². The van der Waals surface area contributed by atoms with Crippen LogP contribution >= 0.6 is 0 Å². The zero-order chi connectivity index (χ0) is 23.0. The summed E-state index contributed by atoms with van der Waals surface area (Å²) in [6.45, 7) is 10.8. The lowest BCUT2D eigenvalue weighted by atomic mass is 9.86. The van der Waals surface area contributed by atoms with E-state index in [0.717, 1.165) is 30.0 Å². The van der Waals surface area contributed by atoms with Crippen molar-refractivity contribution in [3.05, 3.63) is 29.3 Å². The fourth-order valence-electron chi connectivity index (χ4n) is 4.46. The van der Waals surface area contributed by atoms with Crippen molar-refractivity contribution in [2.45, 2.75) is 104 Å². The molecule has 0 saturated carbocycles. The summed E-state index contributed by atoms with van der Waals surface area (Å²) in [4.78, 5) is 38.8. The molecule has 0 bridgehead atoms. The number of carbonyl (C=O) groups excluding carboxylic acids is 3. The second-order valence-corrected chi connectivity index (χ2v) is 9.10. The van der Waals surface area contributed by atoms with Gasteiger partial charge in [0.05, 0.1) is 0 Å². The van der Waals surface area contributed by atoms with Crippen LogP contribution in [-0.4, -0.2) is 23.8 Å². The maximum Gasteiger partial charge on any atom is 0.249 e. The van der Waals surface area contributed by atoms with E-state index in [1.807, 2.05) is 19.9 Å². The number of carbonyl (C=O) groups is 3. The van der Waals surface area contributed by atoms with Gasteiger partial charge in [0.25, 0.3) is 0 Å². The van der Waals surface area contributed by atoms with Gasteiger partial charge in [-0.1, -0.05) is 59.1 Å². The number of piperidine rings is 1. The van der Waals surface area contributed by atoms with E-state index >= 15 is 0 Å². The Bertz CT molecular complexity index is 774. The molecule has 0 aliphatic carbocycles. The van der Waals surface area contributed by atoms with E-state index in [1.54, 1.807) is 4.90 Å². The monoisotopic (exact) mass is 428 g/mol. The molecule has 1 aliphatic heterocycles. The number of hydrogen-bond donors (Lipinski definition) is 1. The van der Waals surface area contributed by atoms with Crippen LogP contribution in [0.25, 0.3) is 0 Å². The van der Waals surface area contributed by atoms with Crippen LogP contribution < -0.4 is 10.2 Å². The Labute approximate surface area is 188 Å². The van der Waals surface area contributed by atoms with Crippen LogP contribution in [0.15, 0.2) is 18.2 Å². The highest BCUT2D eigenvalue weighted by atomic mass is 16.2. The van der Waals surface area contributed by atoms with Crippen molar-refractivity contribution >= 4 is 23.4 Å². The molecule has 1 heterocycles. The summed E-state index contributed by atoms with van der Waals surface area (Å²) >= 11 is 0. The molecule has 1 aliphatic rings. The molecule has 172 valence electrons. The van der Waals surface area contributed by atoms with Crippen molar-refractivity contribution in [2.24, 2.45) is 5.92 Å². The van der Waals surface area contributed by atoms with Gasteiger partial charge in [-0.2, -0.15) is 0 Å². The first-order valence-electron chi connectivity index (χ1n) is 12.1. The topological polar surface area (TPSA) is 66.5 Å². The molecular weight excluding hydrogens is 388 g/mol. The van der Waals surface area contributed by atoms with E-state index in [2.05, 4.69) is 38.2 Å². The summed E-state index contributed by atoms with van der Waals surface area (Å²) in [7, 11) is 0. The van der Waals surface area contributed by atoms with E-state index in [-0.39, 0.29) is 24.1 Å². The van der Waals surface area contributed by atoms with Crippen LogP contribution in [0.5, 0.6) is 0 Å². The normalized spacial score (nSPS) is 18.4. The molecule has 1 fully saturated rings. The van der Waals surface area contributed by atoms with Crippen LogP contribution in [0, 0.1) is 12.8 Å². The van der Waals surface area contributed by atoms with Gasteiger partial charge >= 0.3 is 0 Å². The van der Waals surface area contributed by atoms with E-state index in [1.165, 1.54) is 24.8 Å². The lowest BCUT2D eigenvalue weighted by Gasteiger charge is -2.34. The second-order valence-electron chi connectivity index (χ2n) is 9.10. The van der Waals surface area contributed by atoms with Crippen LogP contribution in [0.3, 0.4) is 0 Å². The van der Waals surface area contributed by atoms with Gasteiger partial charge in [0.1, 0.15) is 6.04 Å². The van der Waals surface area contributed by atoms with Crippen LogP contribution in [-0.2, 0) is 14.4 Å². The summed E-state index contributed by atoms with van der Waals surface area (Å²) in [6.07, 6.45) is 7.63. The molecule has 3 atom stereocenters. The fraction of sp³-hybridized carbons (Fsp3) is 0.654. The minimum Gasteiger partial charge on any atom is -0.300 e. The molecule has 2 rings (SSSR count). The minimum absolute atomic E-state index is 0.0604. The van der Waals surface area contributed by atoms with E-state index < -0.39 is 6.04 Å². The predicted molar refractivity (Wildman–Crippen MR) is 126 cm³/mol. The molecule has 3 unspecified atom stereocenters. The van der Waals surface area contributed by atoms with Crippen molar-refractivity contribution < 1.29 is 14.4 Å². The number of aryl methyl sites for hydroxylation is 1. The number of anilines is 1. The van der Waals surface area contributed by atoms with E-state index in [0.29, 0.717) is 25.2 Å². The van der Waals surface area contributed by atoms with Crippen molar-refractivity contribution in [1.29, 1.82) is 0 Å². The molecule has 1 N–H and O–H groups in total. The smallest absolute Gasteiger partial charge is 0.249 e. The number of amides is 3. The lowest BCUT2D eigenvalue weighted by molar-refractivity contribution is -0.135. The molecule has 0 spiro atoms. The lowest BCUT2D eigenvalue weighted by Crippen LogP contribution is -2.54. The Morgan fingerprint density at radius 1 is 1.13 bits per heavy atom. The second kappa shape index (κ2) is 12.0. The van der Waals surface area contributed by atoms with Crippen LogP contribution in [0.1, 0.15) is 103 Å². The van der Waals surface area contributed by atoms with Gasteiger partial charge in [-0.3, -0.25) is 24.6 Å². The zero-order valence-electron chi connectivity index (χ0n) is 20.0. The molecule has 31 heavy (non-hydrogen) atoms. The molecule has 0 radical (unpaired) electrons.